The first-order valence-electron chi connectivity index (χ1n) is 5.00. The number of amides is 1. The van der Waals surface area contributed by atoms with Gasteiger partial charge in [0.05, 0.1) is 5.41 Å². The largest absolute Gasteiger partial charge is 0.369 e. The highest BCUT2D eigenvalue weighted by atomic mass is 16.1. The van der Waals surface area contributed by atoms with Gasteiger partial charge in [-0.05, 0) is 13.7 Å². The SMILES string of the molecule is [2H]C([2H])([2H])C(CN)(C(N)=O)C([2H])([2H])[2H]. The first kappa shape index (κ1) is 1.99. The average Bonchev–Trinajstić information content (AvgIpc) is 1.80. The van der Waals surface area contributed by atoms with Gasteiger partial charge in [-0.3, -0.25) is 4.79 Å². The Morgan fingerprint density at radius 3 is 2.38 bits per heavy atom. The van der Waals surface area contributed by atoms with Crippen LogP contribution in [0.25, 0.3) is 0 Å². The summed E-state index contributed by atoms with van der Waals surface area (Å²) in [5.41, 5.74) is 7.21. The summed E-state index contributed by atoms with van der Waals surface area (Å²) >= 11 is 0. The molecule has 0 aromatic rings. The second kappa shape index (κ2) is 2.13. The Morgan fingerprint density at radius 2 is 2.38 bits per heavy atom. The summed E-state index contributed by atoms with van der Waals surface area (Å²) in [5, 5.41) is 0. The van der Waals surface area contributed by atoms with Crippen LogP contribution in [0, 0.1) is 5.41 Å². The normalized spacial score (nSPS) is 25.6. The van der Waals surface area contributed by atoms with Crippen LogP contribution in [-0.4, -0.2) is 12.5 Å². The molecule has 4 N–H and O–H groups in total. The number of hydrogen-bond acceptors (Lipinski definition) is 2. The summed E-state index contributed by atoms with van der Waals surface area (Å²) in [6.45, 7) is -6.92. The molecule has 48 valence electrons. The summed E-state index contributed by atoms with van der Waals surface area (Å²) in [6.07, 6.45) is 0. The molecule has 0 aromatic heterocycles. The molecule has 0 heterocycles. The molecule has 0 bridgehead atoms. The molecule has 0 saturated carbocycles. The zero-order valence-corrected chi connectivity index (χ0v) is 4.27. The summed E-state index contributed by atoms with van der Waals surface area (Å²) in [7, 11) is 0. The monoisotopic (exact) mass is 122 g/mol. The fraction of sp³-hybridized carbons (Fsp3) is 0.800. The molecule has 0 radical (unpaired) electrons. The smallest absolute Gasteiger partial charge is 0.224 e. The Bertz CT molecular complexity index is 217. The average molecular weight is 122 g/mol. The summed E-state index contributed by atoms with van der Waals surface area (Å²) in [5.74, 6) is -1.43. The van der Waals surface area contributed by atoms with Crippen LogP contribution < -0.4 is 11.5 Å². The van der Waals surface area contributed by atoms with E-state index in [2.05, 4.69) is 0 Å². The van der Waals surface area contributed by atoms with Crippen LogP contribution >= 0.6 is 0 Å². The van der Waals surface area contributed by atoms with Crippen molar-refractivity contribution in [3.05, 3.63) is 0 Å². The second-order valence-corrected chi connectivity index (χ2v) is 1.47. The number of carbonyl (C=O) groups excluding carboxylic acids is 1. The molecule has 3 nitrogen and oxygen atoms in total. The zero-order valence-electron chi connectivity index (χ0n) is 10.3. The van der Waals surface area contributed by atoms with Gasteiger partial charge in [-0.15, -0.1) is 0 Å². The number of hydrogen-bond donors (Lipinski definition) is 2. The summed E-state index contributed by atoms with van der Waals surface area (Å²) in [4.78, 5) is 11.0. The fourth-order valence-electron chi connectivity index (χ4n) is 0.101. The lowest BCUT2D eigenvalue weighted by Crippen LogP contribution is -2.37. The fourth-order valence-corrected chi connectivity index (χ4v) is 0.101. The van der Waals surface area contributed by atoms with E-state index < -0.39 is 31.6 Å². The third-order valence-electron chi connectivity index (χ3n) is 0.727. The van der Waals surface area contributed by atoms with Gasteiger partial charge < -0.3 is 11.5 Å². The van der Waals surface area contributed by atoms with Crippen LogP contribution in [-0.2, 0) is 4.79 Å². The first-order chi connectivity index (χ1) is 6.00. The van der Waals surface area contributed by atoms with Crippen LogP contribution in [0.5, 0.6) is 0 Å². The van der Waals surface area contributed by atoms with Gasteiger partial charge >= 0.3 is 0 Å². The maximum absolute atomic E-state index is 11.0. The van der Waals surface area contributed by atoms with Crippen molar-refractivity contribution in [3.63, 3.8) is 0 Å². The number of carbonyl (C=O) groups is 1. The maximum atomic E-state index is 11.0. The van der Waals surface area contributed by atoms with E-state index in [1.54, 1.807) is 0 Å². The first-order valence-corrected chi connectivity index (χ1v) is 2.00. The van der Waals surface area contributed by atoms with E-state index in [-0.39, 0.29) is 0 Å². The Hall–Kier alpha value is -0.570. The van der Waals surface area contributed by atoms with Crippen molar-refractivity contribution in [2.45, 2.75) is 13.7 Å². The molecule has 0 unspecified atom stereocenters. The van der Waals surface area contributed by atoms with Crippen molar-refractivity contribution >= 4 is 5.91 Å². The standard InChI is InChI=1S/C5H12N2O/c1-5(2,3-6)4(7)8/h3,6H2,1-2H3,(H2,7,8)/i1D3,2D3. The Labute approximate surface area is 57.5 Å². The lowest BCUT2D eigenvalue weighted by molar-refractivity contribution is -0.125. The van der Waals surface area contributed by atoms with Crippen molar-refractivity contribution in [2.75, 3.05) is 6.54 Å². The van der Waals surface area contributed by atoms with Gasteiger partial charge in [0.15, 0.2) is 0 Å². The molecular formula is C5H12N2O. The quantitative estimate of drug-likeness (QED) is 0.516. The molecule has 0 aliphatic heterocycles. The lowest BCUT2D eigenvalue weighted by Gasteiger charge is -2.16. The zero-order chi connectivity index (χ0) is 11.8. The van der Waals surface area contributed by atoms with E-state index in [9.17, 15) is 4.79 Å². The van der Waals surface area contributed by atoms with Crippen molar-refractivity contribution < 1.29 is 13.0 Å². The molecule has 0 aromatic carbocycles. The van der Waals surface area contributed by atoms with Gasteiger partial charge in [-0.2, -0.15) is 0 Å². The van der Waals surface area contributed by atoms with Crippen LogP contribution in [0.3, 0.4) is 0 Å². The van der Waals surface area contributed by atoms with E-state index in [4.69, 9.17) is 19.7 Å². The van der Waals surface area contributed by atoms with E-state index in [0.29, 0.717) is 0 Å². The van der Waals surface area contributed by atoms with E-state index in [1.165, 1.54) is 0 Å². The highest BCUT2D eigenvalue weighted by Gasteiger charge is 2.21. The molecule has 0 aliphatic rings. The molecule has 1 amide bonds. The van der Waals surface area contributed by atoms with Gasteiger partial charge in [0.1, 0.15) is 0 Å². The number of primary amides is 1. The Balaban J connectivity index is 5.58. The second-order valence-electron chi connectivity index (χ2n) is 1.47. The maximum Gasteiger partial charge on any atom is 0.224 e. The molecule has 8 heavy (non-hydrogen) atoms. The highest BCUT2D eigenvalue weighted by molar-refractivity contribution is 5.80. The van der Waals surface area contributed by atoms with Crippen LogP contribution in [0.4, 0.5) is 0 Å². The summed E-state index contributed by atoms with van der Waals surface area (Å²) in [6, 6.07) is 0. The van der Waals surface area contributed by atoms with Crippen LogP contribution in [0.1, 0.15) is 21.9 Å². The van der Waals surface area contributed by atoms with Crippen molar-refractivity contribution in [1.29, 1.82) is 0 Å². The lowest BCUT2D eigenvalue weighted by atomic mass is 9.93. The van der Waals surface area contributed by atoms with Crippen LogP contribution in [0.15, 0.2) is 0 Å². The predicted octanol–water partition coefficient (Wildman–Crippen LogP) is -0.543. The minimum Gasteiger partial charge on any atom is -0.369 e. The van der Waals surface area contributed by atoms with Gasteiger partial charge in [-0.25, -0.2) is 0 Å². The minimum atomic E-state index is -3.04. The van der Waals surface area contributed by atoms with Crippen LogP contribution in [0.2, 0.25) is 0 Å². The van der Waals surface area contributed by atoms with Crippen molar-refractivity contribution in [2.24, 2.45) is 16.9 Å². The third-order valence-corrected chi connectivity index (χ3v) is 0.727. The summed E-state index contributed by atoms with van der Waals surface area (Å²) < 4.78 is 42.1. The number of rotatable bonds is 2. The molecule has 0 atom stereocenters. The van der Waals surface area contributed by atoms with E-state index in [0.717, 1.165) is 0 Å². The molecule has 0 fully saturated rings. The van der Waals surface area contributed by atoms with Gasteiger partial charge in [0.25, 0.3) is 0 Å². The van der Waals surface area contributed by atoms with E-state index >= 15 is 0 Å². The molecule has 0 saturated heterocycles. The minimum absolute atomic E-state index is 0.838. The molecule has 0 aliphatic carbocycles. The van der Waals surface area contributed by atoms with E-state index in [1.807, 2.05) is 0 Å². The Morgan fingerprint density at radius 1 is 1.88 bits per heavy atom. The molecule has 0 rings (SSSR count). The number of nitrogens with two attached hydrogens (primary N) is 2. The topological polar surface area (TPSA) is 69.1 Å². The van der Waals surface area contributed by atoms with Crippen molar-refractivity contribution in [3.8, 4) is 0 Å². The predicted molar refractivity (Wildman–Crippen MR) is 32.0 cm³/mol. The van der Waals surface area contributed by atoms with Gasteiger partial charge in [0.2, 0.25) is 5.91 Å². The highest BCUT2D eigenvalue weighted by Crippen LogP contribution is 2.09. The van der Waals surface area contributed by atoms with Crippen molar-refractivity contribution in [1.82, 2.24) is 0 Å². The third kappa shape index (κ3) is 1.50. The molecule has 0 spiro atoms. The van der Waals surface area contributed by atoms with Gasteiger partial charge in [0, 0.05) is 14.8 Å². The molecular weight excluding hydrogens is 104 g/mol. The van der Waals surface area contributed by atoms with Gasteiger partial charge in [-0.1, -0.05) is 0 Å². The Kier molecular flexibility index (Phi) is 0.530. The molecule has 3 heteroatoms.